The summed E-state index contributed by atoms with van der Waals surface area (Å²) in [6.45, 7) is 5.66. The molecule has 1 fully saturated rings. The summed E-state index contributed by atoms with van der Waals surface area (Å²) in [7, 11) is 0. The second-order valence-corrected chi connectivity index (χ2v) is 5.63. The Kier molecular flexibility index (Phi) is 7.12. The molecule has 5 heteroatoms. The van der Waals surface area contributed by atoms with Crippen LogP contribution in [0.25, 0.3) is 0 Å². The Labute approximate surface area is 120 Å². The van der Waals surface area contributed by atoms with Crippen molar-refractivity contribution >= 4 is 12.0 Å². The molecule has 0 aromatic rings. The zero-order valence-corrected chi connectivity index (χ0v) is 12.2. The lowest BCUT2D eigenvalue weighted by atomic mass is 9.86. The van der Waals surface area contributed by atoms with Crippen molar-refractivity contribution in [2.24, 2.45) is 5.92 Å². The molecule has 3 N–H and O–H groups in total. The molecule has 5 nitrogen and oxygen atoms in total. The molecular formula is C15H26N2O3. The second-order valence-electron chi connectivity index (χ2n) is 5.63. The molecule has 0 bridgehead atoms. The van der Waals surface area contributed by atoms with Gasteiger partial charge in [0.1, 0.15) is 0 Å². The van der Waals surface area contributed by atoms with Gasteiger partial charge in [0.25, 0.3) is 0 Å². The highest BCUT2D eigenvalue weighted by Crippen LogP contribution is 2.24. The molecule has 1 aliphatic carbocycles. The van der Waals surface area contributed by atoms with Crippen molar-refractivity contribution in [2.45, 2.75) is 64.0 Å². The van der Waals surface area contributed by atoms with Crippen LogP contribution in [0.5, 0.6) is 0 Å². The molecule has 20 heavy (non-hydrogen) atoms. The summed E-state index contributed by atoms with van der Waals surface area (Å²) in [4.78, 5) is 22.7. The number of amides is 2. The van der Waals surface area contributed by atoms with Gasteiger partial charge < -0.3 is 15.7 Å². The number of carbonyl (C=O) groups is 2. The van der Waals surface area contributed by atoms with Crippen molar-refractivity contribution < 1.29 is 14.7 Å². The number of aliphatic carboxylic acids is 1. The molecule has 0 heterocycles. The highest BCUT2D eigenvalue weighted by molar-refractivity contribution is 5.74. The van der Waals surface area contributed by atoms with E-state index < -0.39 is 5.97 Å². The maximum Gasteiger partial charge on any atom is 0.315 e. The summed E-state index contributed by atoms with van der Waals surface area (Å²) in [6, 6.07) is 0.103. The number of unbranched alkanes of at least 4 members (excludes halogenated alkanes) is 1. The highest BCUT2D eigenvalue weighted by Gasteiger charge is 2.26. The van der Waals surface area contributed by atoms with E-state index in [1.165, 1.54) is 0 Å². The number of carbonyl (C=O) groups excluding carboxylic acids is 1. The van der Waals surface area contributed by atoms with Gasteiger partial charge in [-0.15, -0.1) is 6.58 Å². The third-order valence-corrected chi connectivity index (χ3v) is 3.83. The normalized spacial score (nSPS) is 23.6. The fourth-order valence-electron chi connectivity index (χ4n) is 2.58. The molecule has 0 spiro atoms. The molecule has 1 saturated carbocycles. The van der Waals surface area contributed by atoms with Crippen molar-refractivity contribution in [1.29, 1.82) is 0 Å². The quantitative estimate of drug-likeness (QED) is 0.496. The smallest absolute Gasteiger partial charge is 0.315 e. The second kappa shape index (κ2) is 8.61. The maximum absolute atomic E-state index is 11.8. The van der Waals surface area contributed by atoms with Crippen LogP contribution in [0.15, 0.2) is 12.7 Å². The number of hydrogen-bond acceptors (Lipinski definition) is 2. The van der Waals surface area contributed by atoms with Gasteiger partial charge in [-0.25, -0.2) is 4.79 Å². The average molecular weight is 282 g/mol. The molecule has 2 amide bonds. The third-order valence-electron chi connectivity index (χ3n) is 3.83. The molecule has 1 atom stereocenters. The molecule has 1 rings (SSSR count). The van der Waals surface area contributed by atoms with Crippen LogP contribution in [0.3, 0.4) is 0 Å². The first-order valence-corrected chi connectivity index (χ1v) is 7.43. The van der Waals surface area contributed by atoms with Crippen LogP contribution in [0.2, 0.25) is 0 Å². The van der Waals surface area contributed by atoms with Gasteiger partial charge in [0.05, 0.1) is 5.92 Å². The molecule has 0 saturated heterocycles. The van der Waals surface area contributed by atoms with E-state index in [4.69, 9.17) is 5.11 Å². The summed E-state index contributed by atoms with van der Waals surface area (Å²) in [5.41, 5.74) is 0. The lowest BCUT2D eigenvalue weighted by Gasteiger charge is -2.27. The number of rotatable bonds is 7. The maximum atomic E-state index is 11.8. The number of nitrogens with one attached hydrogen (secondary N) is 2. The zero-order chi connectivity index (χ0) is 15.0. The average Bonchev–Trinajstić information content (AvgIpc) is 2.39. The molecule has 1 unspecified atom stereocenters. The van der Waals surface area contributed by atoms with E-state index in [1.54, 1.807) is 0 Å². The largest absolute Gasteiger partial charge is 0.481 e. The van der Waals surface area contributed by atoms with Crippen LogP contribution in [0.4, 0.5) is 4.79 Å². The van der Waals surface area contributed by atoms with Gasteiger partial charge in [-0.05, 0) is 51.9 Å². The van der Waals surface area contributed by atoms with E-state index >= 15 is 0 Å². The molecular weight excluding hydrogens is 256 g/mol. The van der Waals surface area contributed by atoms with Gasteiger partial charge in [0.15, 0.2) is 0 Å². The van der Waals surface area contributed by atoms with Crippen LogP contribution in [-0.4, -0.2) is 29.2 Å². The highest BCUT2D eigenvalue weighted by atomic mass is 16.4. The number of carboxylic acids is 1. The first-order valence-electron chi connectivity index (χ1n) is 7.43. The summed E-state index contributed by atoms with van der Waals surface area (Å²) < 4.78 is 0. The van der Waals surface area contributed by atoms with E-state index in [9.17, 15) is 9.59 Å². The molecule has 0 aromatic heterocycles. The first kappa shape index (κ1) is 16.5. The third kappa shape index (κ3) is 6.08. The topological polar surface area (TPSA) is 78.4 Å². The Hall–Kier alpha value is -1.52. The summed E-state index contributed by atoms with van der Waals surface area (Å²) >= 11 is 0. The van der Waals surface area contributed by atoms with Gasteiger partial charge in [0, 0.05) is 12.1 Å². The van der Waals surface area contributed by atoms with E-state index in [0.717, 1.165) is 32.1 Å². The minimum Gasteiger partial charge on any atom is -0.481 e. The van der Waals surface area contributed by atoms with E-state index in [-0.39, 0.29) is 24.0 Å². The predicted molar refractivity (Wildman–Crippen MR) is 78.6 cm³/mol. The Morgan fingerprint density at radius 1 is 1.35 bits per heavy atom. The first-order chi connectivity index (χ1) is 9.52. The van der Waals surface area contributed by atoms with Gasteiger partial charge in [-0.3, -0.25) is 4.79 Å². The minimum absolute atomic E-state index is 0.103. The van der Waals surface area contributed by atoms with Gasteiger partial charge in [0.2, 0.25) is 0 Å². The van der Waals surface area contributed by atoms with E-state index in [2.05, 4.69) is 17.2 Å². The molecule has 114 valence electrons. The predicted octanol–water partition coefficient (Wildman–Crippen LogP) is 2.67. The Bertz CT molecular complexity index is 336. The van der Waals surface area contributed by atoms with Crippen LogP contribution in [0.1, 0.15) is 51.9 Å². The Balaban J connectivity index is 2.19. The Morgan fingerprint density at radius 2 is 2.00 bits per heavy atom. The molecule has 0 aromatic carbocycles. The lowest BCUT2D eigenvalue weighted by molar-refractivity contribution is -0.142. The van der Waals surface area contributed by atoms with Gasteiger partial charge >= 0.3 is 12.0 Å². The number of urea groups is 1. The monoisotopic (exact) mass is 282 g/mol. The summed E-state index contributed by atoms with van der Waals surface area (Å²) in [5, 5.41) is 14.8. The summed E-state index contributed by atoms with van der Waals surface area (Å²) in [5.74, 6) is -0.960. The van der Waals surface area contributed by atoms with Crippen molar-refractivity contribution in [2.75, 3.05) is 0 Å². The SMILES string of the molecule is C=CCCCC(C)NC(=O)NC1CCC(C(=O)O)CC1. The van der Waals surface area contributed by atoms with Crippen molar-refractivity contribution in [3.05, 3.63) is 12.7 Å². The lowest BCUT2D eigenvalue weighted by Crippen LogP contribution is -2.46. The number of hydrogen-bond donors (Lipinski definition) is 3. The fourth-order valence-corrected chi connectivity index (χ4v) is 2.58. The van der Waals surface area contributed by atoms with Crippen LogP contribution in [0, 0.1) is 5.92 Å². The van der Waals surface area contributed by atoms with Crippen LogP contribution >= 0.6 is 0 Å². The standard InChI is InChI=1S/C15H26N2O3/c1-3-4-5-6-11(2)16-15(20)17-13-9-7-12(8-10-13)14(18)19/h3,11-13H,1,4-10H2,2H3,(H,18,19)(H2,16,17,20). The van der Waals surface area contributed by atoms with E-state index in [1.807, 2.05) is 13.0 Å². The van der Waals surface area contributed by atoms with Crippen LogP contribution in [-0.2, 0) is 4.79 Å². The van der Waals surface area contributed by atoms with Crippen molar-refractivity contribution in [3.63, 3.8) is 0 Å². The fraction of sp³-hybridized carbons (Fsp3) is 0.733. The molecule has 1 aliphatic rings. The Morgan fingerprint density at radius 3 is 2.55 bits per heavy atom. The summed E-state index contributed by atoms with van der Waals surface area (Å²) in [6.07, 6.45) is 7.59. The zero-order valence-electron chi connectivity index (χ0n) is 12.2. The number of allylic oxidation sites excluding steroid dienone is 1. The van der Waals surface area contributed by atoms with Crippen molar-refractivity contribution in [3.8, 4) is 0 Å². The molecule has 0 aliphatic heterocycles. The van der Waals surface area contributed by atoms with E-state index in [0.29, 0.717) is 12.8 Å². The van der Waals surface area contributed by atoms with Crippen molar-refractivity contribution in [1.82, 2.24) is 10.6 Å². The van der Waals surface area contributed by atoms with Gasteiger partial charge in [-0.2, -0.15) is 0 Å². The van der Waals surface area contributed by atoms with Gasteiger partial charge in [-0.1, -0.05) is 6.08 Å². The van der Waals surface area contributed by atoms with Crippen LogP contribution < -0.4 is 10.6 Å². The minimum atomic E-state index is -0.719. The number of carboxylic acid groups (broad SMARTS) is 1. The molecule has 0 radical (unpaired) electrons.